The Morgan fingerprint density at radius 3 is 1.78 bits per heavy atom. The first kappa shape index (κ1) is 31.1. The topological polar surface area (TPSA) is 51.8 Å². The zero-order valence-electron chi connectivity index (χ0n) is 29.6. The molecule has 0 bridgehead atoms. The van der Waals surface area contributed by atoms with E-state index in [9.17, 15) is 0 Å². The van der Waals surface area contributed by atoms with Crippen molar-refractivity contribution in [1.82, 2.24) is 15.0 Å². The number of para-hydroxylation sites is 1. The minimum Gasteiger partial charge on any atom is -0.456 e. The predicted octanol–water partition coefficient (Wildman–Crippen LogP) is 13.6. The van der Waals surface area contributed by atoms with Crippen LogP contribution >= 0.6 is 0 Å². The second-order valence-electron chi connectivity index (χ2n) is 13.9. The molecule has 0 unspecified atom stereocenters. The number of hydrogen-bond acceptors (Lipinski definition) is 4. The molecule has 0 aliphatic heterocycles. The molecule has 4 nitrogen and oxygen atoms in total. The molecule has 0 spiro atoms. The third kappa shape index (κ3) is 5.19. The third-order valence-corrected chi connectivity index (χ3v) is 10.7. The second-order valence-corrected chi connectivity index (χ2v) is 13.9. The van der Waals surface area contributed by atoms with Crippen molar-refractivity contribution in [2.75, 3.05) is 0 Å². The number of hydrogen-bond donors (Lipinski definition) is 0. The third-order valence-electron chi connectivity index (χ3n) is 10.7. The number of rotatable bonds is 5. The SMILES string of the molecule is c1ccc(-c2ccccc2-c2nc(-c3cccc(-c4cccc5ccc6c7ccccc7ccc6c45)c3)nc(-c3cccc4oc5ccccc5c34)n2)cc1. The van der Waals surface area contributed by atoms with Gasteiger partial charge in [0, 0.05) is 27.5 Å². The van der Waals surface area contributed by atoms with Gasteiger partial charge in [-0.1, -0.05) is 170 Å². The molecule has 55 heavy (non-hydrogen) atoms. The molecule has 0 aliphatic carbocycles. The van der Waals surface area contributed by atoms with E-state index in [0.717, 1.165) is 55.3 Å². The molecule has 11 aromatic rings. The summed E-state index contributed by atoms with van der Waals surface area (Å²) in [5, 5.41) is 9.43. The van der Waals surface area contributed by atoms with Gasteiger partial charge in [0.1, 0.15) is 11.2 Å². The van der Waals surface area contributed by atoms with Crippen molar-refractivity contribution in [3.63, 3.8) is 0 Å². The molecule has 0 saturated heterocycles. The van der Waals surface area contributed by atoms with Gasteiger partial charge in [-0.05, 0) is 72.8 Å². The van der Waals surface area contributed by atoms with Crippen LogP contribution in [-0.4, -0.2) is 15.0 Å². The Bertz CT molecular complexity index is 3270. The molecule has 0 saturated carbocycles. The summed E-state index contributed by atoms with van der Waals surface area (Å²) in [5.41, 5.74) is 8.79. The molecule has 4 heteroatoms. The van der Waals surface area contributed by atoms with Crippen molar-refractivity contribution >= 4 is 54.3 Å². The zero-order valence-corrected chi connectivity index (χ0v) is 29.6. The summed E-state index contributed by atoms with van der Waals surface area (Å²) in [4.78, 5) is 15.7. The largest absolute Gasteiger partial charge is 0.456 e. The fourth-order valence-corrected chi connectivity index (χ4v) is 8.20. The molecule has 0 aliphatic rings. The lowest BCUT2D eigenvalue weighted by atomic mass is 9.91. The highest BCUT2D eigenvalue weighted by Crippen LogP contribution is 2.40. The molecule has 11 rings (SSSR count). The van der Waals surface area contributed by atoms with Crippen LogP contribution in [0.5, 0.6) is 0 Å². The highest BCUT2D eigenvalue weighted by atomic mass is 16.3. The first-order valence-corrected chi connectivity index (χ1v) is 18.5. The summed E-state index contributed by atoms with van der Waals surface area (Å²) in [7, 11) is 0. The second kappa shape index (κ2) is 12.6. The number of aromatic nitrogens is 3. The van der Waals surface area contributed by atoms with Gasteiger partial charge < -0.3 is 4.42 Å². The van der Waals surface area contributed by atoms with E-state index in [1.54, 1.807) is 0 Å². The van der Waals surface area contributed by atoms with Gasteiger partial charge in [0.15, 0.2) is 17.5 Å². The minimum atomic E-state index is 0.591. The quantitative estimate of drug-likeness (QED) is 0.168. The van der Waals surface area contributed by atoms with Crippen molar-refractivity contribution in [3.8, 4) is 56.4 Å². The Balaban J connectivity index is 1.14. The molecule has 2 heterocycles. The van der Waals surface area contributed by atoms with E-state index in [0.29, 0.717) is 17.5 Å². The lowest BCUT2D eigenvalue weighted by Crippen LogP contribution is -2.01. The maximum absolute atomic E-state index is 6.30. The van der Waals surface area contributed by atoms with Gasteiger partial charge in [-0.3, -0.25) is 0 Å². The van der Waals surface area contributed by atoms with Gasteiger partial charge in [-0.25, -0.2) is 15.0 Å². The van der Waals surface area contributed by atoms with Gasteiger partial charge in [0.25, 0.3) is 0 Å². The smallest absolute Gasteiger partial charge is 0.164 e. The standard InChI is InChI=1S/C51H31N3O/c1-2-13-32(14-3-1)38-20-6-7-21-42(38)50-52-49(53-51(54-50)44-24-12-26-46-48(44)43-22-8-9-25-45(43)55-46)36-18-10-17-35(31-36)39-23-11-16-34-28-29-40-37-19-5-4-15-33(37)27-30-41(40)47(34)39/h1-31H. The first-order chi connectivity index (χ1) is 27.3. The van der Waals surface area contributed by atoms with Crippen LogP contribution < -0.4 is 0 Å². The van der Waals surface area contributed by atoms with Crippen LogP contribution in [0.1, 0.15) is 0 Å². The lowest BCUT2D eigenvalue weighted by molar-refractivity contribution is 0.669. The van der Waals surface area contributed by atoms with Crippen LogP contribution in [0.15, 0.2) is 192 Å². The van der Waals surface area contributed by atoms with Crippen molar-refractivity contribution in [2.45, 2.75) is 0 Å². The van der Waals surface area contributed by atoms with E-state index in [4.69, 9.17) is 19.4 Å². The van der Waals surface area contributed by atoms with Crippen LogP contribution in [-0.2, 0) is 0 Å². The van der Waals surface area contributed by atoms with Gasteiger partial charge in [-0.2, -0.15) is 0 Å². The van der Waals surface area contributed by atoms with Gasteiger partial charge >= 0.3 is 0 Å². The summed E-state index contributed by atoms with van der Waals surface area (Å²) >= 11 is 0. The van der Waals surface area contributed by atoms with Crippen LogP contribution in [0.25, 0.3) is 111 Å². The number of furan rings is 1. The van der Waals surface area contributed by atoms with Crippen molar-refractivity contribution in [1.29, 1.82) is 0 Å². The van der Waals surface area contributed by atoms with E-state index in [2.05, 4.69) is 146 Å². The highest BCUT2D eigenvalue weighted by molar-refractivity contribution is 6.21. The molecule has 0 radical (unpaired) electrons. The molecule has 0 amide bonds. The Morgan fingerprint density at radius 1 is 0.291 bits per heavy atom. The molecule has 0 atom stereocenters. The van der Waals surface area contributed by atoms with Crippen molar-refractivity contribution in [3.05, 3.63) is 188 Å². The highest BCUT2D eigenvalue weighted by Gasteiger charge is 2.20. The Kier molecular flexibility index (Phi) is 7.14. The fourth-order valence-electron chi connectivity index (χ4n) is 8.20. The maximum Gasteiger partial charge on any atom is 0.164 e. The molecule has 0 fully saturated rings. The van der Waals surface area contributed by atoms with E-state index < -0.39 is 0 Å². The molecule has 256 valence electrons. The average Bonchev–Trinajstić information content (AvgIpc) is 3.65. The molecular formula is C51H31N3O. The molecule has 0 N–H and O–H groups in total. The van der Waals surface area contributed by atoms with Crippen LogP contribution in [0.3, 0.4) is 0 Å². The summed E-state index contributed by atoms with van der Waals surface area (Å²) in [5.74, 6) is 1.80. The number of nitrogens with zero attached hydrogens (tertiary/aromatic N) is 3. The van der Waals surface area contributed by atoms with E-state index in [1.165, 1.54) is 37.9 Å². The normalized spacial score (nSPS) is 11.6. The van der Waals surface area contributed by atoms with E-state index in [1.807, 2.05) is 42.5 Å². The average molecular weight is 702 g/mol. The van der Waals surface area contributed by atoms with Crippen LogP contribution in [0.2, 0.25) is 0 Å². The van der Waals surface area contributed by atoms with Crippen molar-refractivity contribution in [2.24, 2.45) is 0 Å². The summed E-state index contributed by atoms with van der Waals surface area (Å²) < 4.78 is 6.30. The molecule has 9 aromatic carbocycles. The summed E-state index contributed by atoms with van der Waals surface area (Å²) in [6, 6.07) is 65.8. The first-order valence-electron chi connectivity index (χ1n) is 18.5. The van der Waals surface area contributed by atoms with Crippen LogP contribution in [0.4, 0.5) is 0 Å². The zero-order chi connectivity index (χ0) is 36.3. The fraction of sp³-hybridized carbons (Fsp3) is 0. The lowest BCUT2D eigenvalue weighted by Gasteiger charge is -2.14. The van der Waals surface area contributed by atoms with Gasteiger partial charge in [0.2, 0.25) is 0 Å². The minimum absolute atomic E-state index is 0.591. The molecule has 2 aromatic heterocycles. The summed E-state index contributed by atoms with van der Waals surface area (Å²) in [6.07, 6.45) is 0. The summed E-state index contributed by atoms with van der Waals surface area (Å²) in [6.45, 7) is 0. The van der Waals surface area contributed by atoms with Gasteiger partial charge in [-0.15, -0.1) is 0 Å². The van der Waals surface area contributed by atoms with Gasteiger partial charge in [0.05, 0.1) is 0 Å². The Morgan fingerprint density at radius 2 is 0.873 bits per heavy atom. The molecular weight excluding hydrogens is 671 g/mol. The van der Waals surface area contributed by atoms with Crippen molar-refractivity contribution < 1.29 is 4.42 Å². The van der Waals surface area contributed by atoms with E-state index in [-0.39, 0.29) is 0 Å². The Hall–Kier alpha value is -7.43. The number of fused-ring (bicyclic) bond motifs is 8. The monoisotopic (exact) mass is 701 g/mol. The van der Waals surface area contributed by atoms with Crippen LogP contribution in [0, 0.1) is 0 Å². The number of benzene rings is 9. The predicted molar refractivity (Wildman–Crippen MR) is 227 cm³/mol. The maximum atomic E-state index is 6.30. The Labute approximate surface area is 317 Å². The van der Waals surface area contributed by atoms with E-state index >= 15 is 0 Å².